The molecule has 0 aliphatic rings. The van der Waals surface area contributed by atoms with E-state index in [9.17, 15) is 5.11 Å². The fraction of sp³-hybridized carbons (Fsp3) is 0.500. The molecule has 0 saturated heterocycles. The van der Waals surface area contributed by atoms with Gasteiger partial charge in [0.25, 0.3) is 0 Å². The van der Waals surface area contributed by atoms with Crippen LogP contribution in [0, 0.1) is 0 Å². The zero-order valence-corrected chi connectivity index (χ0v) is 13.7. The molecule has 1 aromatic heterocycles. The van der Waals surface area contributed by atoms with Crippen molar-refractivity contribution >= 4 is 16.6 Å². The molecule has 0 saturated carbocycles. The average Bonchev–Trinajstić information content (AvgIpc) is 2.51. The van der Waals surface area contributed by atoms with Gasteiger partial charge in [-0.1, -0.05) is 19.9 Å². The molecule has 2 N–H and O–H groups in total. The number of phenols is 1. The highest BCUT2D eigenvalue weighted by atomic mass is 16.3. The molecule has 4 heteroatoms. The van der Waals surface area contributed by atoms with Gasteiger partial charge in [0.1, 0.15) is 5.75 Å². The van der Waals surface area contributed by atoms with E-state index in [4.69, 9.17) is 0 Å². The van der Waals surface area contributed by atoms with Crippen molar-refractivity contribution < 1.29 is 5.11 Å². The lowest BCUT2D eigenvalue weighted by Crippen LogP contribution is -2.27. The first kappa shape index (κ1) is 16.6. The van der Waals surface area contributed by atoms with E-state index >= 15 is 0 Å². The first-order valence-electron chi connectivity index (χ1n) is 8.28. The maximum atomic E-state index is 9.82. The van der Waals surface area contributed by atoms with Crippen LogP contribution in [0.4, 0.5) is 5.69 Å². The van der Waals surface area contributed by atoms with E-state index < -0.39 is 0 Å². The van der Waals surface area contributed by atoms with E-state index in [-0.39, 0.29) is 5.75 Å². The highest BCUT2D eigenvalue weighted by Gasteiger charge is 2.05. The Morgan fingerprint density at radius 2 is 1.91 bits per heavy atom. The third-order valence-electron chi connectivity index (χ3n) is 3.74. The molecule has 0 fully saturated rings. The van der Waals surface area contributed by atoms with Gasteiger partial charge in [-0.05, 0) is 51.0 Å². The minimum absolute atomic E-state index is 0.279. The summed E-state index contributed by atoms with van der Waals surface area (Å²) in [5, 5.41) is 14.2. The molecule has 0 bridgehead atoms. The van der Waals surface area contributed by atoms with Gasteiger partial charge in [-0.2, -0.15) is 0 Å². The molecule has 0 aliphatic heterocycles. The molecule has 0 aliphatic carbocycles. The summed E-state index contributed by atoms with van der Waals surface area (Å²) in [6.45, 7) is 8.80. The molecule has 120 valence electrons. The molecular weight excluding hydrogens is 274 g/mol. The normalized spacial score (nSPS) is 11.2. The van der Waals surface area contributed by atoms with Gasteiger partial charge in [0, 0.05) is 24.2 Å². The zero-order chi connectivity index (χ0) is 15.8. The molecule has 1 aromatic carbocycles. The number of benzene rings is 1. The van der Waals surface area contributed by atoms with Gasteiger partial charge in [0.15, 0.2) is 0 Å². The van der Waals surface area contributed by atoms with E-state index in [0.717, 1.165) is 36.1 Å². The molecule has 0 radical (unpaired) electrons. The van der Waals surface area contributed by atoms with Gasteiger partial charge in [-0.3, -0.25) is 4.98 Å². The van der Waals surface area contributed by atoms with E-state index in [2.05, 4.69) is 29.0 Å². The highest BCUT2D eigenvalue weighted by molar-refractivity contribution is 5.91. The number of rotatable bonds is 9. The Balaban J connectivity index is 1.92. The second-order valence-electron chi connectivity index (χ2n) is 5.69. The van der Waals surface area contributed by atoms with Crippen LogP contribution in [0.1, 0.15) is 33.1 Å². The van der Waals surface area contributed by atoms with E-state index in [0.29, 0.717) is 0 Å². The Kier molecular flexibility index (Phi) is 6.46. The lowest BCUT2D eigenvalue weighted by Gasteiger charge is -2.21. The third-order valence-corrected chi connectivity index (χ3v) is 3.74. The first-order valence-corrected chi connectivity index (χ1v) is 8.28. The highest BCUT2D eigenvalue weighted by Crippen LogP contribution is 2.26. The second-order valence-corrected chi connectivity index (χ2v) is 5.69. The number of aromatic nitrogens is 1. The van der Waals surface area contributed by atoms with Crippen LogP contribution in [0.25, 0.3) is 10.9 Å². The molecule has 1 heterocycles. The Bertz CT molecular complexity index is 580. The van der Waals surface area contributed by atoms with Crippen LogP contribution < -0.4 is 5.32 Å². The van der Waals surface area contributed by atoms with Gasteiger partial charge in [-0.25, -0.2) is 0 Å². The third kappa shape index (κ3) is 4.60. The summed E-state index contributed by atoms with van der Waals surface area (Å²) >= 11 is 0. The summed E-state index contributed by atoms with van der Waals surface area (Å²) in [4.78, 5) is 6.93. The number of phenolic OH excluding ortho intramolecular Hbond substituents is 1. The largest absolute Gasteiger partial charge is 0.508 e. The molecule has 4 nitrogen and oxygen atoms in total. The zero-order valence-electron chi connectivity index (χ0n) is 13.7. The standard InChI is InChI=1S/C18H27N3O/c1-3-10-21(11-4-2)12-6-9-19-17-14-16(22)13-15-7-5-8-20-18(15)17/h5,7-8,13-14,19,22H,3-4,6,9-12H2,1-2H3. The Morgan fingerprint density at radius 1 is 1.14 bits per heavy atom. The van der Waals surface area contributed by atoms with Crippen LogP contribution in [-0.2, 0) is 0 Å². The SMILES string of the molecule is CCCN(CCC)CCCNc1cc(O)cc2cccnc12. The quantitative estimate of drug-likeness (QED) is 0.690. The van der Waals surface area contributed by atoms with Crippen LogP contribution in [0.3, 0.4) is 0 Å². The predicted octanol–water partition coefficient (Wildman–Crippen LogP) is 3.86. The summed E-state index contributed by atoms with van der Waals surface area (Å²) in [7, 11) is 0. The topological polar surface area (TPSA) is 48.4 Å². The lowest BCUT2D eigenvalue weighted by molar-refractivity contribution is 0.274. The number of nitrogens with zero attached hydrogens (tertiary/aromatic N) is 2. The van der Waals surface area contributed by atoms with Gasteiger partial charge in [0.05, 0.1) is 11.2 Å². The maximum absolute atomic E-state index is 9.82. The number of pyridine rings is 1. The van der Waals surface area contributed by atoms with Crippen molar-refractivity contribution in [2.24, 2.45) is 0 Å². The van der Waals surface area contributed by atoms with E-state index in [1.807, 2.05) is 12.1 Å². The summed E-state index contributed by atoms with van der Waals surface area (Å²) < 4.78 is 0. The molecule has 0 atom stereocenters. The Labute approximate surface area is 133 Å². The van der Waals surface area contributed by atoms with Crippen LogP contribution in [0.5, 0.6) is 5.75 Å². The summed E-state index contributed by atoms with van der Waals surface area (Å²) in [6, 6.07) is 7.36. The number of fused-ring (bicyclic) bond motifs is 1. The molecule has 22 heavy (non-hydrogen) atoms. The van der Waals surface area contributed by atoms with Gasteiger partial charge in [0.2, 0.25) is 0 Å². The van der Waals surface area contributed by atoms with E-state index in [1.165, 1.54) is 25.9 Å². The van der Waals surface area contributed by atoms with Crippen molar-refractivity contribution in [2.45, 2.75) is 33.1 Å². The van der Waals surface area contributed by atoms with Crippen molar-refractivity contribution in [3.05, 3.63) is 30.5 Å². The summed E-state index contributed by atoms with van der Waals surface area (Å²) in [6.07, 6.45) is 5.28. The summed E-state index contributed by atoms with van der Waals surface area (Å²) in [5.41, 5.74) is 1.83. The van der Waals surface area contributed by atoms with Crippen LogP contribution in [-0.4, -0.2) is 41.2 Å². The van der Waals surface area contributed by atoms with Crippen LogP contribution in [0.2, 0.25) is 0 Å². The fourth-order valence-electron chi connectivity index (χ4n) is 2.80. The van der Waals surface area contributed by atoms with Crippen molar-refractivity contribution in [1.82, 2.24) is 9.88 Å². The first-order chi connectivity index (χ1) is 10.7. The second kappa shape index (κ2) is 8.59. The van der Waals surface area contributed by atoms with Crippen molar-refractivity contribution in [3.63, 3.8) is 0 Å². The molecule has 2 aromatic rings. The smallest absolute Gasteiger partial charge is 0.118 e. The van der Waals surface area contributed by atoms with Gasteiger partial charge >= 0.3 is 0 Å². The number of aromatic hydroxyl groups is 1. The van der Waals surface area contributed by atoms with Crippen molar-refractivity contribution in [2.75, 3.05) is 31.5 Å². The number of hydrogen-bond donors (Lipinski definition) is 2. The minimum atomic E-state index is 0.279. The number of anilines is 1. The van der Waals surface area contributed by atoms with Crippen molar-refractivity contribution in [3.8, 4) is 5.75 Å². The van der Waals surface area contributed by atoms with Crippen molar-refractivity contribution in [1.29, 1.82) is 0 Å². The van der Waals surface area contributed by atoms with Crippen LogP contribution in [0.15, 0.2) is 30.5 Å². The van der Waals surface area contributed by atoms with Crippen LogP contribution >= 0.6 is 0 Å². The number of hydrogen-bond acceptors (Lipinski definition) is 4. The molecule has 2 rings (SSSR count). The predicted molar refractivity (Wildman–Crippen MR) is 93.5 cm³/mol. The monoisotopic (exact) mass is 301 g/mol. The fourth-order valence-corrected chi connectivity index (χ4v) is 2.80. The summed E-state index contributed by atoms with van der Waals surface area (Å²) in [5.74, 6) is 0.279. The Morgan fingerprint density at radius 3 is 2.64 bits per heavy atom. The molecular formula is C18H27N3O. The minimum Gasteiger partial charge on any atom is -0.508 e. The maximum Gasteiger partial charge on any atom is 0.118 e. The molecule has 0 unspecified atom stereocenters. The van der Waals surface area contributed by atoms with Gasteiger partial charge in [-0.15, -0.1) is 0 Å². The van der Waals surface area contributed by atoms with Gasteiger partial charge < -0.3 is 15.3 Å². The Hall–Kier alpha value is -1.81. The molecule has 0 amide bonds. The average molecular weight is 301 g/mol. The molecule has 0 spiro atoms. The lowest BCUT2D eigenvalue weighted by atomic mass is 10.1. The van der Waals surface area contributed by atoms with E-state index in [1.54, 1.807) is 18.3 Å². The number of nitrogens with one attached hydrogen (secondary N) is 1.